The van der Waals surface area contributed by atoms with Crippen LogP contribution in [0.15, 0.2) is 48.5 Å². The zero-order valence-electron chi connectivity index (χ0n) is 17.8. The number of anilines is 3. The van der Waals surface area contributed by atoms with Crippen molar-refractivity contribution in [2.75, 3.05) is 23.8 Å². The van der Waals surface area contributed by atoms with Gasteiger partial charge in [-0.1, -0.05) is 77.3 Å². The van der Waals surface area contributed by atoms with E-state index in [1.807, 2.05) is 7.05 Å². The molecule has 0 radical (unpaired) electrons. The van der Waals surface area contributed by atoms with Crippen molar-refractivity contribution in [3.8, 4) is 0 Å². The summed E-state index contributed by atoms with van der Waals surface area (Å²) in [4.78, 5) is 2.53. The predicted octanol–water partition coefficient (Wildman–Crippen LogP) is 7.13. The molecular formula is C25H36N2. The van der Waals surface area contributed by atoms with Gasteiger partial charge >= 0.3 is 0 Å². The lowest BCUT2D eigenvalue weighted by molar-refractivity contribution is 0.410. The number of para-hydroxylation sites is 3. The maximum atomic E-state index is 3.35. The first-order valence-corrected chi connectivity index (χ1v) is 10.7. The van der Waals surface area contributed by atoms with Gasteiger partial charge in [0.25, 0.3) is 0 Å². The van der Waals surface area contributed by atoms with Gasteiger partial charge in [0.05, 0.1) is 11.4 Å². The fourth-order valence-corrected chi connectivity index (χ4v) is 4.92. The molecule has 4 rings (SSSR count). The molecule has 0 spiro atoms. The summed E-state index contributed by atoms with van der Waals surface area (Å²) in [6.07, 6.45) is 6.63. The Morgan fingerprint density at radius 1 is 0.926 bits per heavy atom. The molecule has 0 aromatic heterocycles. The summed E-state index contributed by atoms with van der Waals surface area (Å²) >= 11 is 0. The van der Waals surface area contributed by atoms with Gasteiger partial charge in [0.2, 0.25) is 0 Å². The molecule has 2 atom stereocenters. The lowest BCUT2D eigenvalue weighted by Crippen LogP contribution is -2.36. The second-order valence-corrected chi connectivity index (χ2v) is 8.37. The van der Waals surface area contributed by atoms with Crippen LogP contribution >= 0.6 is 0 Å². The summed E-state index contributed by atoms with van der Waals surface area (Å²) in [6, 6.07) is 17.6. The van der Waals surface area contributed by atoms with Gasteiger partial charge < -0.3 is 10.2 Å². The Labute approximate surface area is 166 Å². The van der Waals surface area contributed by atoms with Gasteiger partial charge in [-0.15, -0.1) is 0 Å². The van der Waals surface area contributed by atoms with Gasteiger partial charge in [0.1, 0.15) is 0 Å². The highest BCUT2D eigenvalue weighted by Gasteiger charge is 2.67. The number of hydrogen-bond donors (Lipinski definition) is 1. The van der Waals surface area contributed by atoms with E-state index in [2.05, 4.69) is 86.4 Å². The Kier molecular flexibility index (Phi) is 5.83. The number of benzene rings is 2. The first-order chi connectivity index (χ1) is 13.1. The number of nitrogens with zero attached hydrogens (tertiary/aromatic N) is 1. The van der Waals surface area contributed by atoms with E-state index in [1.165, 1.54) is 54.7 Å². The molecule has 1 aliphatic heterocycles. The highest BCUT2D eigenvalue weighted by Crippen LogP contribution is 2.71. The zero-order chi connectivity index (χ0) is 19.5. The fraction of sp³-hybridized carbons (Fsp3) is 0.520. The second kappa shape index (κ2) is 7.96. The molecule has 0 amide bonds. The molecule has 2 aromatic rings. The predicted molar refractivity (Wildman–Crippen MR) is 119 cm³/mol. The molecule has 27 heavy (non-hydrogen) atoms. The summed E-state index contributed by atoms with van der Waals surface area (Å²) in [6.45, 7) is 10.3. The van der Waals surface area contributed by atoms with Crippen LogP contribution in [-0.4, -0.2) is 13.6 Å². The number of rotatable bonds is 5. The number of unbranched alkanes of at least 4 members (excludes halogenated alkanes) is 2. The molecule has 1 saturated carbocycles. The lowest BCUT2D eigenvalue weighted by atomic mass is 9.81. The van der Waals surface area contributed by atoms with Crippen molar-refractivity contribution in [1.29, 1.82) is 0 Å². The lowest BCUT2D eigenvalue weighted by Gasteiger charge is -2.40. The van der Waals surface area contributed by atoms with Crippen LogP contribution < -0.4 is 10.2 Å². The first-order valence-electron chi connectivity index (χ1n) is 10.7. The Hall–Kier alpha value is -1.96. The van der Waals surface area contributed by atoms with Gasteiger partial charge in [-0.25, -0.2) is 0 Å². The molecule has 0 saturated heterocycles. The molecule has 2 unspecified atom stereocenters. The van der Waals surface area contributed by atoms with Crippen LogP contribution in [0.25, 0.3) is 0 Å². The van der Waals surface area contributed by atoms with Gasteiger partial charge in [-0.2, -0.15) is 0 Å². The Balaban J connectivity index is 0.000000376. The fourth-order valence-electron chi connectivity index (χ4n) is 4.92. The SMILES string of the molecule is CCC12CN(c3ccccc3NC)c3ccccc3C1(C)C2.CCCCC. The van der Waals surface area contributed by atoms with Crippen LogP contribution in [0.2, 0.25) is 0 Å². The average Bonchev–Trinajstić information content (AvgIpc) is 3.35. The highest BCUT2D eigenvalue weighted by atomic mass is 15.2. The maximum absolute atomic E-state index is 3.35. The molecule has 146 valence electrons. The quantitative estimate of drug-likeness (QED) is 0.607. The van der Waals surface area contributed by atoms with Crippen molar-refractivity contribution in [3.63, 3.8) is 0 Å². The summed E-state index contributed by atoms with van der Waals surface area (Å²) in [7, 11) is 2.01. The van der Waals surface area contributed by atoms with Crippen LogP contribution in [0.1, 0.15) is 65.4 Å². The molecule has 2 aromatic carbocycles. The molecule has 1 N–H and O–H groups in total. The minimum absolute atomic E-state index is 0.365. The molecule has 1 heterocycles. The molecule has 1 fully saturated rings. The van der Waals surface area contributed by atoms with Crippen molar-refractivity contribution in [3.05, 3.63) is 54.1 Å². The third kappa shape index (κ3) is 3.35. The topological polar surface area (TPSA) is 15.3 Å². The summed E-state index contributed by atoms with van der Waals surface area (Å²) in [5, 5.41) is 3.35. The van der Waals surface area contributed by atoms with E-state index in [1.54, 1.807) is 0 Å². The van der Waals surface area contributed by atoms with Gasteiger partial charge in [0.15, 0.2) is 0 Å². The molecule has 2 heteroatoms. The molecule has 0 bridgehead atoms. The summed E-state index contributed by atoms with van der Waals surface area (Å²) in [5.41, 5.74) is 6.20. The van der Waals surface area contributed by atoms with E-state index in [4.69, 9.17) is 0 Å². The van der Waals surface area contributed by atoms with E-state index >= 15 is 0 Å². The van der Waals surface area contributed by atoms with Gasteiger partial charge in [0, 0.05) is 24.7 Å². The van der Waals surface area contributed by atoms with Crippen molar-refractivity contribution in [1.82, 2.24) is 0 Å². The largest absolute Gasteiger partial charge is 0.386 e. The van der Waals surface area contributed by atoms with E-state index in [0.717, 1.165) is 6.54 Å². The summed E-state index contributed by atoms with van der Waals surface area (Å²) < 4.78 is 0. The third-order valence-corrected chi connectivity index (χ3v) is 6.84. The number of nitrogens with one attached hydrogen (secondary N) is 1. The minimum atomic E-state index is 0.365. The van der Waals surface area contributed by atoms with E-state index in [-0.39, 0.29) is 0 Å². The average molecular weight is 365 g/mol. The molecule has 2 nitrogen and oxygen atoms in total. The first kappa shape index (κ1) is 19.8. The standard InChI is InChI=1S/C20H24N2.C5H12/c1-4-20-13-19(20,2)15-9-5-7-11-17(15)22(14-20)18-12-8-6-10-16(18)21-3;1-3-5-4-2/h5-12,21H,4,13-14H2,1-3H3;3-5H2,1-2H3. The van der Waals surface area contributed by atoms with Crippen molar-refractivity contribution in [2.45, 2.75) is 65.2 Å². The molecule has 1 aliphatic carbocycles. The van der Waals surface area contributed by atoms with Crippen LogP contribution in [0.3, 0.4) is 0 Å². The van der Waals surface area contributed by atoms with Crippen molar-refractivity contribution >= 4 is 17.1 Å². The maximum Gasteiger partial charge on any atom is 0.0646 e. The van der Waals surface area contributed by atoms with Crippen LogP contribution in [0, 0.1) is 5.41 Å². The van der Waals surface area contributed by atoms with Crippen LogP contribution in [0.5, 0.6) is 0 Å². The molecule has 2 aliphatic rings. The minimum Gasteiger partial charge on any atom is -0.386 e. The van der Waals surface area contributed by atoms with Gasteiger partial charge in [-0.3, -0.25) is 0 Å². The molecular weight excluding hydrogens is 328 g/mol. The second-order valence-electron chi connectivity index (χ2n) is 8.37. The zero-order valence-corrected chi connectivity index (χ0v) is 17.8. The number of hydrogen-bond acceptors (Lipinski definition) is 2. The normalized spacial score (nSPS) is 25.0. The van der Waals surface area contributed by atoms with Crippen LogP contribution in [-0.2, 0) is 5.41 Å². The Morgan fingerprint density at radius 3 is 2.15 bits per heavy atom. The number of fused-ring (bicyclic) bond motifs is 3. The van der Waals surface area contributed by atoms with E-state index in [0.29, 0.717) is 10.8 Å². The third-order valence-electron chi connectivity index (χ3n) is 6.84. The highest BCUT2D eigenvalue weighted by molar-refractivity contribution is 5.80. The van der Waals surface area contributed by atoms with Gasteiger partial charge in [-0.05, 0) is 42.0 Å². The summed E-state index contributed by atoms with van der Waals surface area (Å²) in [5.74, 6) is 0. The smallest absolute Gasteiger partial charge is 0.0646 e. The van der Waals surface area contributed by atoms with Crippen molar-refractivity contribution < 1.29 is 0 Å². The Morgan fingerprint density at radius 2 is 1.56 bits per heavy atom. The van der Waals surface area contributed by atoms with E-state index < -0.39 is 0 Å². The monoisotopic (exact) mass is 364 g/mol. The Bertz CT molecular complexity index is 766. The van der Waals surface area contributed by atoms with Crippen molar-refractivity contribution in [2.24, 2.45) is 5.41 Å². The van der Waals surface area contributed by atoms with E-state index in [9.17, 15) is 0 Å². The van der Waals surface area contributed by atoms with Crippen LogP contribution in [0.4, 0.5) is 17.1 Å².